The van der Waals surface area contributed by atoms with Crippen molar-refractivity contribution >= 4 is 8.32 Å². The fourth-order valence-corrected chi connectivity index (χ4v) is 5.36. The van der Waals surface area contributed by atoms with Crippen LogP contribution in [0.2, 0.25) is 18.1 Å². The molecule has 2 nitrogen and oxygen atoms in total. The van der Waals surface area contributed by atoms with Gasteiger partial charge in [-0.2, -0.15) is 0 Å². The largest absolute Gasteiger partial charge is 0.407 e. The number of rotatable bonds is 2. The lowest BCUT2D eigenvalue weighted by Crippen LogP contribution is -2.58. The summed E-state index contributed by atoms with van der Waals surface area (Å²) in [6, 6.07) is 0. The molecule has 0 aliphatic heterocycles. The van der Waals surface area contributed by atoms with Crippen molar-refractivity contribution in [3.63, 3.8) is 0 Å². The Morgan fingerprint density at radius 2 is 1.74 bits per heavy atom. The molecule has 3 rings (SSSR count). The molecule has 0 amide bonds. The Kier molecular flexibility index (Phi) is 3.52. The number of fused-ring (bicyclic) bond motifs is 1. The highest BCUT2D eigenvalue weighted by Gasteiger charge is 2.65. The van der Waals surface area contributed by atoms with Gasteiger partial charge in [0, 0.05) is 5.41 Å². The lowest BCUT2D eigenvalue weighted by Gasteiger charge is -2.50. The maximum atomic E-state index is 11.6. The number of aliphatic hydroxyl groups is 1. The van der Waals surface area contributed by atoms with Crippen LogP contribution in [0.25, 0.3) is 0 Å². The zero-order valence-electron chi connectivity index (χ0n) is 16.0. The van der Waals surface area contributed by atoms with Gasteiger partial charge in [-0.15, -0.1) is 0 Å². The van der Waals surface area contributed by atoms with Crippen LogP contribution in [0.1, 0.15) is 54.4 Å². The van der Waals surface area contributed by atoms with Gasteiger partial charge in [-0.3, -0.25) is 0 Å². The van der Waals surface area contributed by atoms with E-state index in [2.05, 4.69) is 59.9 Å². The summed E-state index contributed by atoms with van der Waals surface area (Å²) in [4.78, 5) is 0. The van der Waals surface area contributed by atoms with Gasteiger partial charge < -0.3 is 9.53 Å². The lowest BCUT2D eigenvalue weighted by molar-refractivity contribution is -0.0828. The molecular formula is C20H32O2Si. The van der Waals surface area contributed by atoms with Gasteiger partial charge in [-0.1, -0.05) is 44.1 Å². The van der Waals surface area contributed by atoms with E-state index in [0.717, 1.165) is 12.8 Å². The zero-order chi connectivity index (χ0) is 17.4. The molecule has 2 atom stereocenters. The van der Waals surface area contributed by atoms with Crippen molar-refractivity contribution in [3.05, 3.63) is 34.4 Å². The number of hydrogen-bond acceptors (Lipinski definition) is 2. The van der Waals surface area contributed by atoms with Crippen LogP contribution in [-0.2, 0) is 4.43 Å². The molecule has 0 aromatic carbocycles. The Hall–Kier alpha value is -0.643. The molecule has 3 heteroatoms. The summed E-state index contributed by atoms with van der Waals surface area (Å²) in [5.74, 6) is 0. The Morgan fingerprint density at radius 3 is 2.22 bits per heavy atom. The van der Waals surface area contributed by atoms with Crippen molar-refractivity contribution in [1.29, 1.82) is 0 Å². The molecule has 3 aliphatic carbocycles. The van der Waals surface area contributed by atoms with E-state index >= 15 is 0 Å². The summed E-state index contributed by atoms with van der Waals surface area (Å²) in [5, 5.41) is 11.7. The maximum absolute atomic E-state index is 11.6. The second kappa shape index (κ2) is 4.71. The van der Waals surface area contributed by atoms with Crippen molar-refractivity contribution in [3.8, 4) is 0 Å². The van der Waals surface area contributed by atoms with E-state index in [4.69, 9.17) is 4.43 Å². The summed E-state index contributed by atoms with van der Waals surface area (Å²) in [7, 11) is -1.97. The fourth-order valence-electron chi connectivity index (χ4n) is 4.06. The minimum Gasteiger partial charge on any atom is -0.407 e. The normalized spacial score (nSPS) is 32.8. The summed E-state index contributed by atoms with van der Waals surface area (Å²) < 4.78 is 6.80. The van der Waals surface area contributed by atoms with Crippen molar-refractivity contribution in [2.75, 3.05) is 0 Å². The first-order chi connectivity index (χ1) is 10.3. The molecule has 1 N–H and O–H groups in total. The molecule has 3 aliphatic rings. The maximum Gasteiger partial charge on any atom is 0.193 e. The van der Waals surface area contributed by atoms with Crippen LogP contribution in [-0.4, -0.2) is 25.1 Å². The smallest absolute Gasteiger partial charge is 0.193 e. The van der Waals surface area contributed by atoms with Crippen LogP contribution in [0.4, 0.5) is 0 Å². The first-order valence-corrected chi connectivity index (χ1v) is 11.8. The predicted octanol–water partition coefficient (Wildman–Crippen LogP) is 5.12. The summed E-state index contributed by atoms with van der Waals surface area (Å²) in [6.07, 6.45) is 6.44. The van der Waals surface area contributed by atoms with Gasteiger partial charge in [-0.25, -0.2) is 0 Å². The van der Waals surface area contributed by atoms with E-state index in [0.29, 0.717) is 0 Å². The van der Waals surface area contributed by atoms with Crippen LogP contribution in [0, 0.1) is 5.41 Å². The molecular weight excluding hydrogens is 300 g/mol. The molecule has 0 aromatic heterocycles. The second-order valence-electron chi connectivity index (χ2n) is 9.51. The average Bonchev–Trinajstić information content (AvgIpc) is 3.11. The molecule has 23 heavy (non-hydrogen) atoms. The van der Waals surface area contributed by atoms with Crippen LogP contribution in [0.3, 0.4) is 0 Å². The Bertz CT molecular complexity index is 637. The lowest BCUT2D eigenvalue weighted by atomic mass is 9.67. The Balaban J connectivity index is 2.09. The highest BCUT2D eigenvalue weighted by atomic mass is 28.4. The highest BCUT2D eigenvalue weighted by molar-refractivity contribution is 6.74. The third-order valence-corrected chi connectivity index (χ3v) is 11.4. The standard InChI is InChI=1S/C20H32O2Si/c1-13-11-15-14(2)20(9-10-20)19(6,21)17(16(15)12-13)22-23(7,8)18(3,4)5/h11-12,17,21H,9-10H2,1-8H3. The minimum atomic E-state index is -1.97. The van der Waals surface area contributed by atoms with E-state index < -0.39 is 13.9 Å². The molecule has 2 unspecified atom stereocenters. The molecule has 1 fully saturated rings. The van der Waals surface area contributed by atoms with Crippen LogP contribution in [0.5, 0.6) is 0 Å². The van der Waals surface area contributed by atoms with Crippen molar-refractivity contribution in [1.82, 2.24) is 0 Å². The number of allylic oxidation sites excluding steroid dienone is 3. The van der Waals surface area contributed by atoms with Gasteiger partial charge in [0.25, 0.3) is 0 Å². The zero-order valence-corrected chi connectivity index (χ0v) is 17.0. The van der Waals surface area contributed by atoms with Crippen molar-refractivity contribution < 1.29 is 9.53 Å². The Labute approximate surface area is 142 Å². The van der Waals surface area contributed by atoms with E-state index in [-0.39, 0.29) is 16.6 Å². The first-order valence-electron chi connectivity index (χ1n) is 8.85. The fraction of sp³-hybridized carbons (Fsp3) is 0.700. The van der Waals surface area contributed by atoms with Crippen LogP contribution in [0.15, 0.2) is 34.4 Å². The van der Waals surface area contributed by atoms with E-state index in [9.17, 15) is 5.11 Å². The van der Waals surface area contributed by atoms with Gasteiger partial charge in [0.2, 0.25) is 0 Å². The molecule has 0 radical (unpaired) electrons. The number of hydrogen-bond donors (Lipinski definition) is 1. The van der Waals surface area contributed by atoms with Crippen molar-refractivity contribution in [2.45, 2.75) is 84.2 Å². The van der Waals surface area contributed by atoms with Gasteiger partial charge in [0.15, 0.2) is 8.32 Å². The molecule has 1 saturated carbocycles. The van der Waals surface area contributed by atoms with Gasteiger partial charge in [0.1, 0.15) is 11.7 Å². The van der Waals surface area contributed by atoms with E-state index in [1.807, 2.05) is 6.92 Å². The third kappa shape index (κ3) is 2.27. The highest BCUT2D eigenvalue weighted by Crippen LogP contribution is 2.66. The summed E-state index contributed by atoms with van der Waals surface area (Å²) in [6.45, 7) is 17.7. The molecule has 0 saturated heterocycles. The first kappa shape index (κ1) is 17.2. The molecule has 1 spiro atoms. The quantitative estimate of drug-likeness (QED) is 0.711. The topological polar surface area (TPSA) is 29.5 Å². The van der Waals surface area contributed by atoms with Gasteiger partial charge in [0.05, 0.1) is 0 Å². The van der Waals surface area contributed by atoms with Crippen molar-refractivity contribution in [2.24, 2.45) is 5.41 Å². The SMILES string of the molecule is CC1=CC2=C(C)C3(CC3)C(C)(O)C(O[Si](C)(C)C(C)(C)C)C2=C1. The molecule has 0 bridgehead atoms. The Morgan fingerprint density at radius 1 is 1.17 bits per heavy atom. The van der Waals surface area contributed by atoms with Crippen LogP contribution >= 0.6 is 0 Å². The average molecular weight is 333 g/mol. The second-order valence-corrected chi connectivity index (χ2v) is 14.3. The third-order valence-electron chi connectivity index (χ3n) is 6.92. The van der Waals surface area contributed by atoms with Gasteiger partial charge in [-0.05, 0) is 62.9 Å². The predicted molar refractivity (Wildman–Crippen MR) is 98.9 cm³/mol. The molecule has 0 aromatic rings. The molecule has 128 valence electrons. The summed E-state index contributed by atoms with van der Waals surface area (Å²) in [5.41, 5.74) is 4.27. The van der Waals surface area contributed by atoms with Crippen LogP contribution < -0.4 is 0 Å². The minimum absolute atomic E-state index is 0.0756. The molecule has 0 heterocycles. The van der Waals surface area contributed by atoms with E-state index in [1.54, 1.807) is 0 Å². The summed E-state index contributed by atoms with van der Waals surface area (Å²) >= 11 is 0. The van der Waals surface area contributed by atoms with E-state index in [1.165, 1.54) is 22.3 Å². The van der Waals surface area contributed by atoms with Gasteiger partial charge >= 0.3 is 0 Å². The monoisotopic (exact) mass is 332 g/mol.